The van der Waals surface area contributed by atoms with E-state index in [1.165, 1.54) is 6.07 Å². The molecule has 2 aliphatic heterocycles. The van der Waals surface area contributed by atoms with Crippen LogP contribution in [-0.2, 0) is 4.74 Å². The Kier molecular flexibility index (Phi) is 2.47. The van der Waals surface area contributed by atoms with Crippen molar-refractivity contribution < 1.29 is 18.3 Å². The van der Waals surface area contributed by atoms with Crippen LogP contribution < -0.4 is 0 Å². The van der Waals surface area contributed by atoms with E-state index in [9.17, 15) is 13.6 Å². The summed E-state index contributed by atoms with van der Waals surface area (Å²) in [7, 11) is 0. The predicted octanol–water partition coefficient (Wildman–Crippen LogP) is 2.72. The van der Waals surface area contributed by atoms with E-state index in [1.54, 1.807) is 0 Å². The van der Waals surface area contributed by atoms with Crippen molar-refractivity contribution in [3.63, 3.8) is 0 Å². The first-order valence-corrected chi connectivity index (χ1v) is 5.80. The summed E-state index contributed by atoms with van der Waals surface area (Å²) < 4.78 is 31.8. The first-order chi connectivity index (χ1) is 8.15. The summed E-state index contributed by atoms with van der Waals surface area (Å²) in [4.78, 5) is 12.1. The molecule has 17 heavy (non-hydrogen) atoms. The topological polar surface area (TPSA) is 26.3 Å². The van der Waals surface area contributed by atoms with Gasteiger partial charge >= 0.3 is 0 Å². The lowest BCUT2D eigenvalue weighted by Gasteiger charge is -2.17. The standard InChI is InChI=1S/C13H12F2O2/c14-7-1-3-9(11(15)5-7)13(16)10-6-8-2-4-12(10)17-8/h1,3,5,8,10,12H,2,4,6H2. The van der Waals surface area contributed by atoms with E-state index < -0.39 is 11.6 Å². The van der Waals surface area contributed by atoms with E-state index in [0.717, 1.165) is 25.0 Å². The lowest BCUT2D eigenvalue weighted by molar-refractivity contribution is 0.0740. The number of hydrogen-bond donors (Lipinski definition) is 0. The molecule has 3 rings (SSSR count). The van der Waals surface area contributed by atoms with Gasteiger partial charge in [0.15, 0.2) is 5.78 Å². The van der Waals surface area contributed by atoms with Crippen molar-refractivity contribution in [3.8, 4) is 0 Å². The molecule has 3 unspecified atom stereocenters. The highest BCUT2D eigenvalue weighted by Crippen LogP contribution is 2.40. The van der Waals surface area contributed by atoms with E-state index in [2.05, 4.69) is 0 Å². The molecule has 2 nitrogen and oxygen atoms in total. The van der Waals surface area contributed by atoms with Crippen LogP contribution in [0.3, 0.4) is 0 Å². The highest BCUT2D eigenvalue weighted by molar-refractivity contribution is 5.98. The number of ketones is 1. The lowest BCUT2D eigenvalue weighted by atomic mass is 9.83. The van der Waals surface area contributed by atoms with Crippen molar-refractivity contribution in [1.29, 1.82) is 0 Å². The molecule has 0 amide bonds. The average Bonchev–Trinajstić information content (AvgIpc) is 2.89. The second kappa shape index (κ2) is 3.88. The van der Waals surface area contributed by atoms with E-state index in [1.807, 2.05) is 0 Å². The Morgan fingerprint density at radius 2 is 2.12 bits per heavy atom. The van der Waals surface area contributed by atoms with Gasteiger partial charge in [-0.1, -0.05) is 0 Å². The number of halogens is 2. The van der Waals surface area contributed by atoms with Gasteiger partial charge in [0.2, 0.25) is 0 Å². The molecule has 2 saturated heterocycles. The molecular formula is C13H12F2O2. The van der Waals surface area contributed by atoms with Gasteiger partial charge in [0.25, 0.3) is 0 Å². The van der Waals surface area contributed by atoms with E-state index in [0.29, 0.717) is 6.42 Å². The number of ether oxygens (including phenoxy) is 1. The van der Waals surface area contributed by atoms with Gasteiger partial charge in [0.1, 0.15) is 11.6 Å². The van der Waals surface area contributed by atoms with Crippen molar-refractivity contribution in [2.24, 2.45) is 5.92 Å². The monoisotopic (exact) mass is 238 g/mol. The molecule has 2 aliphatic rings. The number of hydrogen-bond acceptors (Lipinski definition) is 2. The van der Waals surface area contributed by atoms with E-state index in [-0.39, 0.29) is 29.5 Å². The summed E-state index contributed by atoms with van der Waals surface area (Å²) in [5.74, 6) is -1.95. The summed E-state index contributed by atoms with van der Waals surface area (Å²) >= 11 is 0. The fourth-order valence-corrected chi connectivity index (χ4v) is 2.80. The van der Waals surface area contributed by atoms with Crippen LogP contribution >= 0.6 is 0 Å². The van der Waals surface area contributed by atoms with Crippen molar-refractivity contribution in [3.05, 3.63) is 35.4 Å². The van der Waals surface area contributed by atoms with Crippen LogP contribution in [0.25, 0.3) is 0 Å². The maximum atomic E-state index is 13.5. The number of carbonyl (C=O) groups is 1. The molecule has 2 heterocycles. The number of carbonyl (C=O) groups excluding carboxylic acids is 1. The Hall–Kier alpha value is -1.29. The van der Waals surface area contributed by atoms with Crippen molar-refractivity contribution in [2.75, 3.05) is 0 Å². The molecule has 0 spiro atoms. The zero-order valence-electron chi connectivity index (χ0n) is 9.16. The van der Waals surface area contributed by atoms with Crippen molar-refractivity contribution in [1.82, 2.24) is 0 Å². The van der Waals surface area contributed by atoms with Gasteiger partial charge in [0, 0.05) is 6.07 Å². The normalized spacial score (nSPS) is 30.8. The van der Waals surface area contributed by atoms with Gasteiger partial charge in [-0.3, -0.25) is 4.79 Å². The maximum absolute atomic E-state index is 13.5. The lowest BCUT2D eigenvalue weighted by Crippen LogP contribution is -2.26. The van der Waals surface area contributed by atoms with Crippen LogP contribution in [0.2, 0.25) is 0 Å². The molecule has 0 aromatic heterocycles. The molecule has 2 fully saturated rings. The maximum Gasteiger partial charge on any atom is 0.171 e. The van der Waals surface area contributed by atoms with Crippen molar-refractivity contribution >= 4 is 5.78 Å². The Labute approximate surface area is 97.6 Å². The molecular weight excluding hydrogens is 226 g/mol. The smallest absolute Gasteiger partial charge is 0.171 e. The molecule has 3 atom stereocenters. The second-order valence-corrected chi connectivity index (χ2v) is 4.70. The number of Topliss-reactive ketones (excluding diaryl/α,β-unsaturated/α-hetero) is 1. The minimum absolute atomic E-state index is 0.0208. The fraction of sp³-hybridized carbons (Fsp3) is 0.462. The predicted molar refractivity (Wildman–Crippen MR) is 56.7 cm³/mol. The fourth-order valence-electron chi connectivity index (χ4n) is 2.80. The Morgan fingerprint density at radius 1 is 1.29 bits per heavy atom. The third-order valence-corrected chi connectivity index (χ3v) is 3.64. The van der Waals surface area contributed by atoms with Gasteiger partial charge < -0.3 is 4.74 Å². The summed E-state index contributed by atoms with van der Waals surface area (Å²) in [5, 5.41) is 0. The molecule has 0 aliphatic carbocycles. The molecule has 4 heteroatoms. The quantitative estimate of drug-likeness (QED) is 0.740. The largest absolute Gasteiger partial charge is 0.374 e. The molecule has 2 bridgehead atoms. The van der Waals surface area contributed by atoms with Gasteiger partial charge in [-0.15, -0.1) is 0 Å². The van der Waals surface area contributed by atoms with Crippen LogP contribution in [0.4, 0.5) is 8.78 Å². The van der Waals surface area contributed by atoms with Crippen LogP contribution in [0.15, 0.2) is 18.2 Å². The molecule has 90 valence electrons. The minimum Gasteiger partial charge on any atom is -0.374 e. The van der Waals surface area contributed by atoms with Crippen LogP contribution in [0.5, 0.6) is 0 Å². The Balaban J connectivity index is 1.87. The first-order valence-electron chi connectivity index (χ1n) is 5.80. The second-order valence-electron chi connectivity index (χ2n) is 4.70. The molecule has 1 aromatic carbocycles. The van der Waals surface area contributed by atoms with E-state index >= 15 is 0 Å². The van der Waals surface area contributed by atoms with Crippen LogP contribution in [0, 0.1) is 17.6 Å². The zero-order chi connectivity index (χ0) is 12.0. The molecule has 0 radical (unpaired) electrons. The average molecular weight is 238 g/mol. The Morgan fingerprint density at radius 3 is 2.71 bits per heavy atom. The molecule has 0 saturated carbocycles. The number of benzene rings is 1. The minimum atomic E-state index is -0.780. The summed E-state index contributed by atoms with van der Waals surface area (Å²) in [6.45, 7) is 0. The van der Waals surface area contributed by atoms with Crippen LogP contribution in [-0.4, -0.2) is 18.0 Å². The van der Waals surface area contributed by atoms with Gasteiger partial charge in [-0.25, -0.2) is 8.78 Å². The summed E-state index contributed by atoms with van der Waals surface area (Å²) in [6, 6.07) is 3.09. The van der Waals surface area contributed by atoms with Gasteiger partial charge in [-0.05, 0) is 31.4 Å². The SMILES string of the molecule is O=C(c1ccc(F)cc1F)C1CC2CCC1O2. The molecule has 0 N–H and O–H groups in total. The Bertz CT molecular complexity index is 472. The highest BCUT2D eigenvalue weighted by atomic mass is 19.1. The van der Waals surface area contributed by atoms with Crippen LogP contribution in [0.1, 0.15) is 29.6 Å². The highest BCUT2D eigenvalue weighted by Gasteiger charge is 2.44. The third-order valence-electron chi connectivity index (χ3n) is 3.64. The summed E-state index contributed by atoms with van der Waals surface area (Å²) in [6.07, 6.45) is 2.60. The summed E-state index contributed by atoms with van der Waals surface area (Å²) in [5.41, 5.74) is -0.0208. The molecule has 1 aromatic rings. The first kappa shape index (κ1) is 10.8. The third kappa shape index (κ3) is 1.76. The van der Waals surface area contributed by atoms with Gasteiger partial charge in [-0.2, -0.15) is 0 Å². The number of fused-ring (bicyclic) bond motifs is 2. The van der Waals surface area contributed by atoms with E-state index in [4.69, 9.17) is 4.74 Å². The zero-order valence-corrected chi connectivity index (χ0v) is 9.16. The van der Waals surface area contributed by atoms with Gasteiger partial charge in [0.05, 0.1) is 23.7 Å². The number of rotatable bonds is 2. The van der Waals surface area contributed by atoms with Crippen molar-refractivity contribution in [2.45, 2.75) is 31.5 Å².